The molecule has 0 unspecified atom stereocenters. The SMILES string of the molecule is CC1CCN(Cc2csc(NC(=O)c3cccc(NC(=O)OC(C)(C)C)c3)n2)CC1. The van der Waals surface area contributed by atoms with E-state index in [4.69, 9.17) is 4.74 Å². The number of carbonyl (C=O) groups is 2. The van der Waals surface area contributed by atoms with Gasteiger partial charge in [0.25, 0.3) is 5.91 Å². The van der Waals surface area contributed by atoms with Crippen molar-refractivity contribution < 1.29 is 14.3 Å². The number of thiazole rings is 1. The molecule has 2 heterocycles. The van der Waals surface area contributed by atoms with E-state index >= 15 is 0 Å². The number of nitrogens with one attached hydrogen (secondary N) is 2. The molecule has 1 aliphatic rings. The number of aromatic nitrogens is 1. The van der Waals surface area contributed by atoms with E-state index in [1.807, 2.05) is 5.38 Å². The highest BCUT2D eigenvalue weighted by atomic mass is 32.1. The highest BCUT2D eigenvalue weighted by molar-refractivity contribution is 7.14. The molecule has 7 nitrogen and oxygen atoms in total. The number of amides is 2. The molecule has 0 radical (unpaired) electrons. The van der Waals surface area contributed by atoms with Crippen LogP contribution in [0.1, 0.15) is 56.6 Å². The summed E-state index contributed by atoms with van der Waals surface area (Å²) in [5.41, 5.74) is 1.32. The molecule has 3 rings (SSSR count). The molecular weight excluding hydrogens is 400 g/mol. The number of piperidine rings is 1. The average molecular weight is 431 g/mol. The third-order valence-electron chi connectivity index (χ3n) is 4.80. The highest BCUT2D eigenvalue weighted by Gasteiger charge is 2.18. The van der Waals surface area contributed by atoms with Crippen LogP contribution in [-0.2, 0) is 11.3 Å². The lowest BCUT2D eigenvalue weighted by Crippen LogP contribution is -2.32. The number of hydrogen-bond acceptors (Lipinski definition) is 6. The Kier molecular flexibility index (Phi) is 7.10. The Morgan fingerprint density at radius 3 is 2.67 bits per heavy atom. The van der Waals surface area contributed by atoms with Crippen molar-refractivity contribution in [3.05, 3.63) is 40.9 Å². The van der Waals surface area contributed by atoms with Crippen molar-refractivity contribution in [2.24, 2.45) is 5.92 Å². The lowest BCUT2D eigenvalue weighted by Gasteiger charge is -2.29. The van der Waals surface area contributed by atoms with E-state index in [1.54, 1.807) is 45.0 Å². The topological polar surface area (TPSA) is 83.6 Å². The number of ether oxygens (including phenoxy) is 1. The minimum atomic E-state index is -0.589. The Morgan fingerprint density at radius 2 is 1.97 bits per heavy atom. The number of nitrogens with zero attached hydrogens (tertiary/aromatic N) is 2. The Hall–Kier alpha value is -2.45. The van der Waals surface area contributed by atoms with E-state index < -0.39 is 11.7 Å². The van der Waals surface area contributed by atoms with Crippen molar-refractivity contribution in [1.82, 2.24) is 9.88 Å². The van der Waals surface area contributed by atoms with E-state index in [0.717, 1.165) is 31.2 Å². The molecule has 0 aliphatic carbocycles. The van der Waals surface area contributed by atoms with Crippen molar-refractivity contribution in [3.8, 4) is 0 Å². The molecule has 2 aromatic rings. The lowest BCUT2D eigenvalue weighted by molar-refractivity contribution is 0.0635. The summed E-state index contributed by atoms with van der Waals surface area (Å²) >= 11 is 1.42. The molecule has 30 heavy (non-hydrogen) atoms. The second-order valence-electron chi connectivity index (χ2n) is 8.76. The van der Waals surface area contributed by atoms with Gasteiger partial charge in [0.2, 0.25) is 0 Å². The molecule has 1 fully saturated rings. The fraction of sp³-hybridized carbons (Fsp3) is 0.500. The number of carbonyl (C=O) groups excluding carboxylic acids is 2. The van der Waals surface area contributed by atoms with Gasteiger partial charge in [-0.2, -0.15) is 0 Å². The largest absolute Gasteiger partial charge is 0.444 e. The van der Waals surface area contributed by atoms with E-state index in [0.29, 0.717) is 16.4 Å². The summed E-state index contributed by atoms with van der Waals surface area (Å²) in [6.45, 7) is 10.7. The molecule has 1 aromatic heterocycles. The van der Waals surface area contributed by atoms with Crippen LogP contribution >= 0.6 is 11.3 Å². The van der Waals surface area contributed by atoms with Crippen LogP contribution in [0, 0.1) is 5.92 Å². The van der Waals surface area contributed by atoms with Gasteiger partial charge in [-0.3, -0.25) is 20.3 Å². The summed E-state index contributed by atoms with van der Waals surface area (Å²) in [6, 6.07) is 6.73. The van der Waals surface area contributed by atoms with Crippen molar-refractivity contribution >= 4 is 34.2 Å². The maximum atomic E-state index is 12.6. The summed E-state index contributed by atoms with van der Waals surface area (Å²) in [6.07, 6.45) is 1.89. The van der Waals surface area contributed by atoms with Crippen molar-refractivity contribution in [1.29, 1.82) is 0 Å². The van der Waals surface area contributed by atoms with Crippen LogP contribution in [0.5, 0.6) is 0 Å². The summed E-state index contributed by atoms with van der Waals surface area (Å²) in [5.74, 6) is 0.530. The van der Waals surface area contributed by atoms with Crippen molar-refractivity contribution in [2.45, 2.75) is 52.7 Å². The van der Waals surface area contributed by atoms with Crippen LogP contribution in [0.3, 0.4) is 0 Å². The van der Waals surface area contributed by atoms with Crippen LogP contribution in [0.25, 0.3) is 0 Å². The maximum absolute atomic E-state index is 12.6. The van der Waals surface area contributed by atoms with Crippen LogP contribution in [-0.4, -0.2) is 40.6 Å². The van der Waals surface area contributed by atoms with Gasteiger partial charge in [-0.15, -0.1) is 11.3 Å². The number of benzene rings is 1. The molecule has 0 bridgehead atoms. The zero-order valence-corrected chi connectivity index (χ0v) is 18.8. The number of anilines is 2. The minimum absolute atomic E-state index is 0.268. The van der Waals surface area contributed by atoms with E-state index in [-0.39, 0.29) is 5.91 Å². The lowest BCUT2D eigenvalue weighted by atomic mass is 9.99. The second-order valence-corrected chi connectivity index (χ2v) is 9.62. The normalized spacial score (nSPS) is 15.6. The molecule has 2 N–H and O–H groups in total. The van der Waals surface area contributed by atoms with E-state index in [9.17, 15) is 9.59 Å². The van der Waals surface area contributed by atoms with Gasteiger partial charge in [-0.1, -0.05) is 13.0 Å². The Balaban J connectivity index is 1.56. The van der Waals surface area contributed by atoms with Gasteiger partial charge in [-0.25, -0.2) is 9.78 Å². The molecule has 0 atom stereocenters. The van der Waals surface area contributed by atoms with Gasteiger partial charge in [0.15, 0.2) is 5.13 Å². The standard InChI is InChI=1S/C22H30N4O3S/c1-15-8-10-26(11-9-15)13-18-14-30-20(23-18)25-19(27)16-6-5-7-17(12-16)24-21(28)29-22(2,3)4/h5-7,12,14-15H,8-11,13H2,1-4H3,(H,24,28)(H,23,25,27). The first kappa shape index (κ1) is 22.2. The summed E-state index contributed by atoms with van der Waals surface area (Å²) in [7, 11) is 0. The van der Waals surface area contributed by atoms with Crippen LogP contribution in [0.15, 0.2) is 29.6 Å². The van der Waals surface area contributed by atoms with Gasteiger partial charge in [-0.05, 0) is 70.8 Å². The van der Waals surface area contributed by atoms with Gasteiger partial charge < -0.3 is 4.74 Å². The quantitative estimate of drug-likeness (QED) is 0.699. The number of likely N-dealkylation sites (tertiary alicyclic amines) is 1. The summed E-state index contributed by atoms with van der Waals surface area (Å²) < 4.78 is 5.25. The monoisotopic (exact) mass is 430 g/mol. The third-order valence-corrected chi connectivity index (χ3v) is 5.61. The van der Waals surface area contributed by atoms with Crippen molar-refractivity contribution in [2.75, 3.05) is 23.7 Å². The predicted octanol–water partition coefficient (Wildman–Crippen LogP) is 4.97. The van der Waals surface area contributed by atoms with Crippen molar-refractivity contribution in [3.63, 3.8) is 0 Å². The maximum Gasteiger partial charge on any atom is 0.412 e. The fourth-order valence-corrected chi connectivity index (χ4v) is 3.91. The third kappa shape index (κ3) is 6.81. The average Bonchev–Trinajstić information content (AvgIpc) is 3.09. The minimum Gasteiger partial charge on any atom is -0.444 e. The highest BCUT2D eigenvalue weighted by Crippen LogP contribution is 2.22. The van der Waals surface area contributed by atoms with E-state index in [2.05, 4.69) is 27.4 Å². The molecule has 8 heteroatoms. The van der Waals surface area contributed by atoms with Crippen LogP contribution in [0.2, 0.25) is 0 Å². The molecule has 0 saturated carbocycles. The Bertz CT molecular complexity index is 883. The zero-order chi connectivity index (χ0) is 21.7. The van der Waals surface area contributed by atoms with E-state index in [1.165, 1.54) is 24.2 Å². The zero-order valence-electron chi connectivity index (χ0n) is 18.0. The van der Waals surface area contributed by atoms with Gasteiger partial charge >= 0.3 is 6.09 Å². The number of rotatable bonds is 5. The number of hydrogen-bond donors (Lipinski definition) is 2. The molecule has 1 aliphatic heterocycles. The second kappa shape index (κ2) is 9.57. The van der Waals surface area contributed by atoms with Crippen LogP contribution < -0.4 is 10.6 Å². The molecule has 2 amide bonds. The Morgan fingerprint density at radius 1 is 1.23 bits per heavy atom. The first-order chi connectivity index (χ1) is 14.2. The fourth-order valence-electron chi connectivity index (χ4n) is 3.22. The molecular formula is C22H30N4O3S. The van der Waals surface area contributed by atoms with Gasteiger partial charge in [0.1, 0.15) is 5.60 Å². The summed E-state index contributed by atoms with van der Waals surface area (Å²) in [5, 5.41) is 8.07. The molecule has 162 valence electrons. The first-order valence-electron chi connectivity index (χ1n) is 10.3. The molecule has 0 spiro atoms. The first-order valence-corrected chi connectivity index (χ1v) is 11.1. The summed E-state index contributed by atoms with van der Waals surface area (Å²) in [4.78, 5) is 31.5. The smallest absolute Gasteiger partial charge is 0.412 e. The van der Waals surface area contributed by atoms with Crippen LogP contribution in [0.4, 0.5) is 15.6 Å². The molecule has 1 aromatic carbocycles. The predicted molar refractivity (Wildman–Crippen MR) is 120 cm³/mol. The Labute approximate surface area is 181 Å². The molecule has 1 saturated heterocycles. The van der Waals surface area contributed by atoms with Gasteiger partial charge in [0, 0.05) is 23.2 Å². The van der Waals surface area contributed by atoms with Gasteiger partial charge in [0.05, 0.1) is 5.69 Å².